The molecule has 2 N–H and O–H groups in total. The zero-order valence-electron chi connectivity index (χ0n) is 14.6. The van der Waals surface area contributed by atoms with Gasteiger partial charge in [-0.3, -0.25) is 0 Å². The summed E-state index contributed by atoms with van der Waals surface area (Å²) < 4.78 is 5.82. The molecule has 0 spiro atoms. The second-order valence-electron chi connectivity index (χ2n) is 6.35. The van der Waals surface area contributed by atoms with E-state index in [4.69, 9.17) is 10.5 Å². The summed E-state index contributed by atoms with van der Waals surface area (Å²) >= 11 is 0. The van der Waals surface area contributed by atoms with Crippen LogP contribution in [0.4, 0.5) is 0 Å². The molecule has 0 fully saturated rings. The topological polar surface area (TPSA) is 35.2 Å². The summed E-state index contributed by atoms with van der Waals surface area (Å²) in [6, 6.07) is 15.1. The molecule has 0 aliphatic carbocycles. The van der Waals surface area contributed by atoms with Crippen LogP contribution in [-0.4, -0.2) is 13.2 Å². The van der Waals surface area contributed by atoms with E-state index < -0.39 is 0 Å². The largest absolute Gasteiger partial charge is 0.494 e. The zero-order chi connectivity index (χ0) is 16.7. The zero-order valence-corrected chi connectivity index (χ0v) is 14.6. The maximum absolute atomic E-state index is 6.08. The van der Waals surface area contributed by atoms with Crippen molar-refractivity contribution in [2.24, 2.45) is 5.73 Å². The number of rotatable bonds is 8. The van der Waals surface area contributed by atoms with Crippen LogP contribution in [0, 0.1) is 13.8 Å². The van der Waals surface area contributed by atoms with Crippen molar-refractivity contribution in [2.45, 2.75) is 46.0 Å². The summed E-state index contributed by atoms with van der Waals surface area (Å²) in [6.45, 7) is 7.93. The van der Waals surface area contributed by atoms with Gasteiger partial charge in [0.2, 0.25) is 0 Å². The molecule has 0 heterocycles. The monoisotopic (exact) mass is 311 g/mol. The molecule has 2 heteroatoms. The van der Waals surface area contributed by atoms with Gasteiger partial charge in [0.05, 0.1) is 6.61 Å². The number of aryl methyl sites for hydroxylation is 2. The highest BCUT2D eigenvalue weighted by Gasteiger charge is 2.14. The number of hydrogen-bond donors (Lipinski definition) is 1. The second kappa shape index (κ2) is 8.73. The molecule has 0 aromatic heterocycles. The van der Waals surface area contributed by atoms with Crippen molar-refractivity contribution in [3.63, 3.8) is 0 Å². The van der Waals surface area contributed by atoms with E-state index in [-0.39, 0.29) is 0 Å². The maximum atomic E-state index is 6.08. The first-order valence-corrected chi connectivity index (χ1v) is 8.63. The van der Waals surface area contributed by atoms with Crippen molar-refractivity contribution in [3.8, 4) is 5.75 Å². The van der Waals surface area contributed by atoms with E-state index in [1.54, 1.807) is 0 Å². The Labute approximate surface area is 140 Å². The SMILES string of the molecule is CCCCOc1cccc(CC(CN)c2cc(C)ccc2C)c1. The van der Waals surface area contributed by atoms with Crippen LogP contribution < -0.4 is 10.5 Å². The van der Waals surface area contributed by atoms with Crippen LogP contribution in [0.25, 0.3) is 0 Å². The summed E-state index contributed by atoms with van der Waals surface area (Å²) in [4.78, 5) is 0. The standard InChI is InChI=1S/C21H29NO/c1-4-5-11-23-20-8-6-7-18(14-20)13-19(15-22)21-12-16(2)9-10-17(21)3/h6-10,12,14,19H,4-5,11,13,15,22H2,1-3H3. The van der Waals surface area contributed by atoms with Crippen molar-refractivity contribution in [3.05, 3.63) is 64.7 Å². The number of unbranched alkanes of at least 4 members (excludes halogenated alkanes) is 1. The molecule has 0 radical (unpaired) electrons. The van der Waals surface area contributed by atoms with Gasteiger partial charge in [0.1, 0.15) is 5.75 Å². The first-order valence-electron chi connectivity index (χ1n) is 8.63. The van der Waals surface area contributed by atoms with E-state index in [1.165, 1.54) is 22.3 Å². The van der Waals surface area contributed by atoms with Crippen LogP contribution in [-0.2, 0) is 6.42 Å². The molecule has 0 saturated heterocycles. The minimum absolute atomic E-state index is 0.348. The third-order valence-electron chi connectivity index (χ3n) is 4.31. The van der Waals surface area contributed by atoms with Crippen molar-refractivity contribution < 1.29 is 4.74 Å². The van der Waals surface area contributed by atoms with Gasteiger partial charge in [-0.05, 0) is 62.1 Å². The lowest BCUT2D eigenvalue weighted by Crippen LogP contribution is -2.16. The third kappa shape index (κ3) is 5.11. The fourth-order valence-electron chi connectivity index (χ4n) is 2.90. The van der Waals surface area contributed by atoms with E-state index in [1.807, 2.05) is 6.07 Å². The van der Waals surface area contributed by atoms with Gasteiger partial charge in [-0.15, -0.1) is 0 Å². The summed E-state index contributed by atoms with van der Waals surface area (Å²) in [5.41, 5.74) is 11.3. The average Bonchev–Trinajstić information content (AvgIpc) is 2.56. The van der Waals surface area contributed by atoms with E-state index in [9.17, 15) is 0 Å². The Balaban J connectivity index is 2.12. The molecule has 0 saturated carbocycles. The van der Waals surface area contributed by atoms with Crippen molar-refractivity contribution in [1.82, 2.24) is 0 Å². The molecule has 1 unspecified atom stereocenters. The fraction of sp³-hybridized carbons (Fsp3) is 0.429. The maximum Gasteiger partial charge on any atom is 0.119 e. The summed E-state index contributed by atoms with van der Waals surface area (Å²) in [5, 5.41) is 0. The molecule has 0 bridgehead atoms. The molecule has 2 rings (SSSR count). The first-order chi connectivity index (χ1) is 11.1. The van der Waals surface area contributed by atoms with Gasteiger partial charge in [-0.25, -0.2) is 0 Å². The minimum Gasteiger partial charge on any atom is -0.494 e. The third-order valence-corrected chi connectivity index (χ3v) is 4.31. The number of ether oxygens (including phenoxy) is 1. The normalized spacial score (nSPS) is 12.2. The Bertz CT molecular complexity index is 621. The highest BCUT2D eigenvalue weighted by atomic mass is 16.5. The van der Waals surface area contributed by atoms with Gasteiger partial charge in [-0.2, -0.15) is 0 Å². The lowest BCUT2D eigenvalue weighted by atomic mass is 9.88. The molecule has 0 aliphatic rings. The van der Waals surface area contributed by atoms with Gasteiger partial charge < -0.3 is 10.5 Å². The smallest absolute Gasteiger partial charge is 0.119 e. The van der Waals surface area contributed by atoms with Crippen LogP contribution in [0.15, 0.2) is 42.5 Å². The number of benzene rings is 2. The Morgan fingerprint density at radius 2 is 1.91 bits per heavy atom. The lowest BCUT2D eigenvalue weighted by molar-refractivity contribution is 0.309. The number of hydrogen-bond acceptors (Lipinski definition) is 2. The minimum atomic E-state index is 0.348. The quantitative estimate of drug-likeness (QED) is 0.713. The van der Waals surface area contributed by atoms with Crippen LogP contribution in [0.1, 0.15) is 47.9 Å². The Kier molecular flexibility index (Phi) is 6.66. The molecule has 1 atom stereocenters. The van der Waals surface area contributed by atoms with Gasteiger partial charge in [-0.1, -0.05) is 49.2 Å². The summed E-state index contributed by atoms with van der Waals surface area (Å²) in [6.07, 6.45) is 3.20. The lowest BCUT2D eigenvalue weighted by Gasteiger charge is -2.19. The van der Waals surface area contributed by atoms with Crippen LogP contribution in [0.2, 0.25) is 0 Å². The van der Waals surface area contributed by atoms with Gasteiger partial charge in [0.25, 0.3) is 0 Å². The predicted octanol–water partition coefficient (Wildman–Crippen LogP) is 4.77. The van der Waals surface area contributed by atoms with E-state index in [2.05, 4.69) is 57.2 Å². The molecular weight excluding hydrogens is 282 g/mol. The molecule has 124 valence electrons. The molecule has 2 nitrogen and oxygen atoms in total. The van der Waals surface area contributed by atoms with Gasteiger partial charge in [0, 0.05) is 5.92 Å². The van der Waals surface area contributed by atoms with E-state index in [0.717, 1.165) is 31.6 Å². The summed E-state index contributed by atoms with van der Waals surface area (Å²) in [7, 11) is 0. The average molecular weight is 311 g/mol. The molecule has 2 aromatic carbocycles. The summed E-state index contributed by atoms with van der Waals surface area (Å²) in [5.74, 6) is 1.31. The molecule has 0 amide bonds. The Hall–Kier alpha value is -1.80. The molecule has 23 heavy (non-hydrogen) atoms. The number of nitrogens with two attached hydrogens (primary N) is 1. The van der Waals surface area contributed by atoms with E-state index in [0.29, 0.717) is 12.5 Å². The highest BCUT2D eigenvalue weighted by Crippen LogP contribution is 2.26. The van der Waals surface area contributed by atoms with Crippen molar-refractivity contribution >= 4 is 0 Å². The van der Waals surface area contributed by atoms with Crippen LogP contribution in [0.3, 0.4) is 0 Å². The Morgan fingerprint density at radius 3 is 2.65 bits per heavy atom. The molecule has 0 aliphatic heterocycles. The van der Waals surface area contributed by atoms with Crippen LogP contribution in [0.5, 0.6) is 5.75 Å². The van der Waals surface area contributed by atoms with Crippen LogP contribution >= 0.6 is 0 Å². The highest BCUT2D eigenvalue weighted by molar-refractivity contribution is 5.36. The van der Waals surface area contributed by atoms with Crippen molar-refractivity contribution in [2.75, 3.05) is 13.2 Å². The fourth-order valence-corrected chi connectivity index (χ4v) is 2.90. The van der Waals surface area contributed by atoms with Gasteiger partial charge in [0.15, 0.2) is 0 Å². The first kappa shape index (κ1) is 17.6. The second-order valence-corrected chi connectivity index (χ2v) is 6.35. The van der Waals surface area contributed by atoms with Gasteiger partial charge >= 0.3 is 0 Å². The molecule has 2 aromatic rings. The molecular formula is C21H29NO. The van der Waals surface area contributed by atoms with Crippen molar-refractivity contribution in [1.29, 1.82) is 0 Å². The Morgan fingerprint density at radius 1 is 1.09 bits per heavy atom. The predicted molar refractivity (Wildman–Crippen MR) is 98.3 cm³/mol. The van der Waals surface area contributed by atoms with E-state index >= 15 is 0 Å².